The van der Waals surface area contributed by atoms with Crippen LogP contribution in [0, 0.1) is 11.8 Å². The van der Waals surface area contributed by atoms with E-state index in [-0.39, 0.29) is 30.0 Å². The van der Waals surface area contributed by atoms with Crippen molar-refractivity contribution in [2.45, 2.75) is 46.2 Å². The molecule has 0 aromatic carbocycles. The molecule has 1 rings (SSSR count). The summed E-state index contributed by atoms with van der Waals surface area (Å²) in [6.07, 6.45) is -1.03. The zero-order chi connectivity index (χ0) is 13.9. The van der Waals surface area contributed by atoms with Crippen LogP contribution in [-0.4, -0.2) is 34.9 Å². The highest BCUT2D eigenvalue weighted by Gasteiger charge is 2.44. The van der Waals surface area contributed by atoms with Gasteiger partial charge in [-0.25, -0.2) is 0 Å². The molecule has 1 fully saturated rings. The third kappa shape index (κ3) is 3.81. The van der Waals surface area contributed by atoms with Crippen molar-refractivity contribution < 1.29 is 23.8 Å². The summed E-state index contributed by atoms with van der Waals surface area (Å²) in [6, 6.07) is 0. The van der Waals surface area contributed by atoms with Gasteiger partial charge in [0.2, 0.25) is 6.29 Å². The zero-order valence-electron chi connectivity index (χ0n) is 11.0. The summed E-state index contributed by atoms with van der Waals surface area (Å²) in [6.45, 7) is 6.57. The Labute approximate surface area is 121 Å². The van der Waals surface area contributed by atoms with Gasteiger partial charge in [-0.1, -0.05) is 36.4 Å². The van der Waals surface area contributed by atoms with E-state index in [9.17, 15) is 9.59 Å². The number of rotatable bonds is 3. The van der Waals surface area contributed by atoms with Crippen LogP contribution in [0.5, 0.6) is 0 Å². The largest absolute Gasteiger partial charge is 0.462 e. The second-order valence-corrected chi connectivity index (χ2v) is 5.48. The van der Waals surface area contributed by atoms with Gasteiger partial charge in [0.1, 0.15) is 6.10 Å². The molecule has 0 aromatic heterocycles. The van der Waals surface area contributed by atoms with Crippen molar-refractivity contribution in [3.63, 3.8) is 0 Å². The van der Waals surface area contributed by atoms with Crippen molar-refractivity contribution in [3.8, 4) is 0 Å². The highest BCUT2D eigenvalue weighted by atomic mass is 127. The van der Waals surface area contributed by atoms with Crippen LogP contribution in [0.4, 0.5) is 0 Å². The number of carbonyl (C=O) groups is 2. The van der Waals surface area contributed by atoms with Crippen molar-refractivity contribution in [3.05, 3.63) is 0 Å². The number of alkyl halides is 1. The molecule has 0 N–H and O–H groups in total. The molecule has 5 nitrogen and oxygen atoms in total. The maximum Gasteiger partial charge on any atom is 0.304 e. The minimum absolute atomic E-state index is 0.0765. The van der Waals surface area contributed by atoms with E-state index in [4.69, 9.17) is 14.2 Å². The van der Waals surface area contributed by atoms with Crippen molar-refractivity contribution in [2.75, 3.05) is 4.43 Å². The van der Waals surface area contributed by atoms with Gasteiger partial charge in [-0.15, -0.1) is 0 Å². The van der Waals surface area contributed by atoms with Crippen LogP contribution in [0.25, 0.3) is 0 Å². The summed E-state index contributed by atoms with van der Waals surface area (Å²) in [7, 11) is 0. The predicted molar refractivity (Wildman–Crippen MR) is 73.2 cm³/mol. The van der Waals surface area contributed by atoms with Crippen LogP contribution in [0.2, 0.25) is 0 Å². The first kappa shape index (κ1) is 15.7. The molecule has 0 radical (unpaired) electrons. The first-order valence-corrected chi connectivity index (χ1v) is 7.45. The molecule has 0 saturated carbocycles. The quantitative estimate of drug-likeness (QED) is 0.432. The molecule has 1 aliphatic rings. The minimum atomic E-state index is -0.650. The van der Waals surface area contributed by atoms with E-state index in [0.29, 0.717) is 0 Å². The standard InChI is InChI=1S/C12H19IO5/c1-6-10(5-13)18-12(17-9(4)15)7(2)11(6)16-8(3)14/h6-7,10-12H,5H2,1-4H3/t6-,7+,10+,11-,12?/m1/s1. The molecule has 0 bridgehead atoms. The predicted octanol–water partition coefficient (Wildman–Crippen LogP) is 1.91. The van der Waals surface area contributed by atoms with Crippen LogP contribution in [-0.2, 0) is 23.8 Å². The lowest BCUT2D eigenvalue weighted by atomic mass is 9.86. The van der Waals surface area contributed by atoms with Crippen molar-refractivity contribution in [2.24, 2.45) is 11.8 Å². The fourth-order valence-corrected chi connectivity index (χ4v) is 3.16. The monoisotopic (exact) mass is 370 g/mol. The molecule has 0 amide bonds. The maximum absolute atomic E-state index is 11.2. The summed E-state index contributed by atoms with van der Waals surface area (Å²) in [5, 5.41) is 0. The van der Waals surface area contributed by atoms with E-state index in [1.54, 1.807) is 0 Å². The number of hydrogen-bond acceptors (Lipinski definition) is 5. The van der Waals surface area contributed by atoms with E-state index in [1.807, 2.05) is 13.8 Å². The highest BCUT2D eigenvalue weighted by molar-refractivity contribution is 14.1. The molecular formula is C12H19IO5. The van der Waals surface area contributed by atoms with Crippen LogP contribution < -0.4 is 0 Å². The second kappa shape index (κ2) is 6.70. The molecule has 0 aromatic rings. The molecule has 1 saturated heterocycles. The average Bonchev–Trinajstić information content (AvgIpc) is 2.27. The van der Waals surface area contributed by atoms with Crippen molar-refractivity contribution in [1.82, 2.24) is 0 Å². The number of esters is 2. The Bertz CT molecular complexity index is 320. The highest BCUT2D eigenvalue weighted by Crippen LogP contribution is 2.33. The summed E-state index contributed by atoms with van der Waals surface area (Å²) in [4.78, 5) is 22.2. The Kier molecular flexibility index (Phi) is 5.84. The smallest absolute Gasteiger partial charge is 0.304 e. The number of ether oxygens (including phenoxy) is 3. The van der Waals surface area contributed by atoms with Gasteiger partial charge < -0.3 is 14.2 Å². The lowest BCUT2D eigenvalue weighted by Crippen LogP contribution is -2.52. The summed E-state index contributed by atoms with van der Waals surface area (Å²) >= 11 is 2.21. The van der Waals surface area contributed by atoms with Crippen LogP contribution in [0.3, 0.4) is 0 Å². The Morgan fingerprint density at radius 2 is 1.67 bits per heavy atom. The molecule has 1 aliphatic heterocycles. The summed E-state index contributed by atoms with van der Waals surface area (Å²) in [5.74, 6) is -0.816. The summed E-state index contributed by atoms with van der Waals surface area (Å²) < 4.78 is 17.0. The van der Waals surface area contributed by atoms with Gasteiger partial charge in [0.25, 0.3) is 0 Å². The van der Waals surface area contributed by atoms with E-state index >= 15 is 0 Å². The first-order chi connectivity index (χ1) is 8.36. The van der Waals surface area contributed by atoms with Crippen molar-refractivity contribution >= 4 is 34.5 Å². The zero-order valence-corrected chi connectivity index (χ0v) is 13.2. The second-order valence-electron chi connectivity index (χ2n) is 4.60. The van der Waals surface area contributed by atoms with Gasteiger partial charge in [0, 0.05) is 24.2 Å². The third-order valence-corrected chi connectivity index (χ3v) is 3.97. The summed E-state index contributed by atoms with van der Waals surface area (Å²) in [5.41, 5.74) is 0. The SMILES string of the molecule is CC(=O)OC1O[C@@H](CI)[C@@H](C)[C@@H](OC(C)=O)[C@@H]1C. The lowest BCUT2D eigenvalue weighted by Gasteiger charge is -2.42. The normalized spacial score (nSPS) is 35.9. The van der Waals surface area contributed by atoms with Crippen LogP contribution in [0.15, 0.2) is 0 Å². The molecule has 6 heteroatoms. The molecule has 0 aliphatic carbocycles. The Morgan fingerprint density at radius 3 is 2.11 bits per heavy atom. The Morgan fingerprint density at radius 1 is 1.11 bits per heavy atom. The molecule has 1 heterocycles. The minimum Gasteiger partial charge on any atom is -0.462 e. The van der Waals surface area contributed by atoms with Gasteiger partial charge in [0.05, 0.1) is 12.0 Å². The molecule has 1 unspecified atom stereocenters. The maximum atomic E-state index is 11.2. The fourth-order valence-electron chi connectivity index (χ4n) is 2.15. The molecular weight excluding hydrogens is 351 g/mol. The van der Waals surface area contributed by atoms with Gasteiger partial charge >= 0.3 is 11.9 Å². The fraction of sp³-hybridized carbons (Fsp3) is 0.833. The average molecular weight is 370 g/mol. The topological polar surface area (TPSA) is 61.8 Å². The van der Waals surface area contributed by atoms with Crippen LogP contribution >= 0.6 is 22.6 Å². The first-order valence-electron chi connectivity index (χ1n) is 5.92. The van der Waals surface area contributed by atoms with Gasteiger partial charge in [0.15, 0.2) is 0 Å². The molecule has 104 valence electrons. The number of halogens is 1. The van der Waals surface area contributed by atoms with Gasteiger partial charge in [-0.2, -0.15) is 0 Å². The van der Waals surface area contributed by atoms with E-state index in [0.717, 1.165) is 4.43 Å². The Balaban J connectivity index is 2.84. The van der Waals surface area contributed by atoms with Gasteiger partial charge in [-0.3, -0.25) is 9.59 Å². The Hall–Kier alpha value is -0.370. The number of carbonyl (C=O) groups excluding carboxylic acids is 2. The van der Waals surface area contributed by atoms with Crippen molar-refractivity contribution in [1.29, 1.82) is 0 Å². The number of hydrogen-bond donors (Lipinski definition) is 0. The third-order valence-electron chi connectivity index (χ3n) is 3.10. The molecule has 0 spiro atoms. The van der Waals surface area contributed by atoms with E-state index < -0.39 is 12.3 Å². The van der Waals surface area contributed by atoms with E-state index in [1.165, 1.54) is 13.8 Å². The molecule has 18 heavy (non-hydrogen) atoms. The van der Waals surface area contributed by atoms with Gasteiger partial charge in [-0.05, 0) is 0 Å². The molecule has 5 atom stereocenters. The van der Waals surface area contributed by atoms with E-state index in [2.05, 4.69) is 22.6 Å². The lowest BCUT2D eigenvalue weighted by molar-refractivity contribution is -0.252. The van der Waals surface area contributed by atoms with Crippen LogP contribution in [0.1, 0.15) is 27.7 Å².